The van der Waals surface area contributed by atoms with Crippen LogP contribution in [-0.2, 0) is 4.79 Å². The van der Waals surface area contributed by atoms with Crippen molar-refractivity contribution in [3.63, 3.8) is 0 Å². The number of amides is 3. The van der Waals surface area contributed by atoms with E-state index in [0.717, 1.165) is 23.6 Å². The normalized spacial score (nSPS) is 15.9. The molecule has 1 N–H and O–H groups in total. The summed E-state index contributed by atoms with van der Waals surface area (Å²) in [7, 11) is 0. The number of pyridine rings is 1. The van der Waals surface area contributed by atoms with Gasteiger partial charge in [0.15, 0.2) is 11.5 Å². The number of likely N-dealkylation sites (tertiary alicyclic amines) is 1. The first-order chi connectivity index (χ1) is 14.6. The van der Waals surface area contributed by atoms with E-state index in [1.807, 2.05) is 52.4 Å². The number of thioether (sulfide) groups is 1. The number of nitrogens with zero attached hydrogens (tertiary/aromatic N) is 5. The smallest absolute Gasteiger partial charge is 0.319 e. The summed E-state index contributed by atoms with van der Waals surface area (Å²) in [6.07, 6.45) is 6.16. The van der Waals surface area contributed by atoms with Crippen molar-refractivity contribution < 1.29 is 9.59 Å². The second kappa shape index (κ2) is 10.7. The minimum atomic E-state index is -0.183. The summed E-state index contributed by atoms with van der Waals surface area (Å²) < 4.78 is 1.94. The van der Waals surface area contributed by atoms with E-state index < -0.39 is 0 Å². The third-order valence-corrected chi connectivity index (χ3v) is 6.39. The highest BCUT2D eigenvalue weighted by atomic mass is 32.2. The third-order valence-electron chi connectivity index (χ3n) is 5.75. The molecular formula is C21H32N6O2S. The molecule has 0 bridgehead atoms. The molecule has 1 aliphatic rings. The molecule has 2 aromatic rings. The maximum absolute atomic E-state index is 13.0. The van der Waals surface area contributed by atoms with E-state index in [1.165, 1.54) is 0 Å². The van der Waals surface area contributed by atoms with Crippen LogP contribution in [0.1, 0.15) is 45.0 Å². The molecule has 1 saturated heterocycles. The zero-order valence-corrected chi connectivity index (χ0v) is 18.9. The molecule has 30 heavy (non-hydrogen) atoms. The van der Waals surface area contributed by atoms with Crippen LogP contribution >= 0.6 is 11.8 Å². The number of hydrogen-bond acceptors (Lipinski definition) is 5. The van der Waals surface area contributed by atoms with Gasteiger partial charge in [0.1, 0.15) is 0 Å². The number of carbonyl (C=O) groups is 2. The molecule has 1 atom stereocenters. The number of urea groups is 1. The Morgan fingerprint density at radius 3 is 2.63 bits per heavy atom. The average molecular weight is 433 g/mol. The summed E-state index contributed by atoms with van der Waals surface area (Å²) in [5, 5.41) is 11.8. The Morgan fingerprint density at radius 2 is 1.97 bits per heavy atom. The van der Waals surface area contributed by atoms with Crippen LogP contribution in [0.4, 0.5) is 4.79 Å². The molecule has 1 unspecified atom stereocenters. The number of piperidine rings is 1. The molecule has 9 heteroatoms. The fourth-order valence-corrected chi connectivity index (χ4v) is 4.39. The standard InChI is InChI=1S/C21H32N6O2S/c1-4-25(5-2)21(29)26-13-9-16(10-14-26)20(28)22-17(11-15-30-3)19-24-23-18-8-6-7-12-27(18)19/h6-8,12,16-17H,4-5,9-11,13-15H2,1-3H3,(H,22,28). The van der Waals surface area contributed by atoms with Crippen molar-refractivity contribution in [1.29, 1.82) is 0 Å². The van der Waals surface area contributed by atoms with E-state index in [1.54, 1.807) is 11.8 Å². The number of nitrogens with one attached hydrogen (secondary N) is 1. The van der Waals surface area contributed by atoms with E-state index in [-0.39, 0.29) is 23.9 Å². The van der Waals surface area contributed by atoms with Crippen LogP contribution < -0.4 is 5.32 Å². The lowest BCUT2D eigenvalue weighted by Crippen LogP contribution is -2.48. The Kier molecular flexibility index (Phi) is 7.95. The molecule has 2 aromatic heterocycles. The van der Waals surface area contributed by atoms with Gasteiger partial charge in [-0.25, -0.2) is 4.79 Å². The molecule has 1 fully saturated rings. The van der Waals surface area contributed by atoms with Gasteiger partial charge in [0.05, 0.1) is 6.04 Å². The van der Waals surface area contributed by atoms with Crippen LogP contribution in [0.15, 0.2) is 24.4 Å². The first-order valence-corrected chi connectivity index (χ1v) is 12.1. The van der Waals surface area contributed by atoms with E-state index in [4.69, 9.17) is 0 Å². The fourth-order valence-electron chi connectivity index (χ4n) is 3.92. The first kappa shape index (κ1) is 22.4. The lowest BCUT2D eigenvalue weighted by molar-refractivity contribution is -0.127. The van der Waals surface area contributed by atoms with E-state index in [0.29, 0.717) is 39.0 Å². The number of carbonyl (C=O) groups excluding carboxylic acids is 2. The van der Waals surface area contributed by atoms with Crippen LogP contribution in [0.3, 0.4) is 0 Å². The SMILES string of the molecule is CCN(CC)C(=O)N1CCC(C(=O)NC(CCSC)c2nnc3ccccn23)CC1. The third kappa shape index (κ3) is 5.06. The molecule has 0 aromatic carbocycles. The van der Waals surface area contributed by atoms with E-state index in [9.17, 15) is 9.59 Å². The highest BCUT2D eigenvalue weighted by molar-refractivity contribution is 7.98. The van der Waals surface area contributed by atoms with Crippen molar-refractivity contribution in [2.75, 3.05) is 38.2 Å². The molecule has 3 rings (SSSR count). The van der Waals surface area contributed by atoms with Gasteiger partial charge in [-0.2, -0.15) is 11.8 Å². The lowest BCUT2D eigenvalue weighted by Gasteiger charge is -2.35. The van der Waals surface area contributed by atoms with Crippen LogP contribution in [0.25, 0.3) is 5.65 Å². The van der Waals surface area contributed by atoms with Gasteiger partial charge in [0.25, 0.3) is 0 Å². The number of hydrogen-bond donors (Lipinski definition) is 1. The summed E-state index contributed by atoms with van der Waals surface area (Å²) in [6, 6.07) is 5.67. The predicted molar refractivity (Wildman–Crippen MR) is 119 cm³/mol. The molecule has 0 radical (unpaired) electrons. The van der Waals surface area contributed by atoms with Crippen LogP contribution in [-0.4, -0.2) is 74.5 Å². The summed E-state index contributed by atoms with van der Waals surface area (Å²) in [6.45, 7) is 6.64. The predicted octanol–water partition coefficient (Wildman–Crippen LogP) is 2.81. The first-order valence-electron chi connectivity index (χ1n) is 10.7. The Balaban J connectivity index is 1.63. The van der Waals surface area contributed by atoms with Crippen molar-refractivity contribution in [3.8, 4) is 0 Å². The largest absolute Gasteiger partial charge is 0.346 e. The highest BCUT2D eigenvalue weighted by Crippen LogP contribution is 2.23. The van der Waals surface area contributed by atoms with Gasteiger partial charge in [-0.15, -0.1) is 10.2 Å². The second-order valence-corrected chi connectivity index (χ2v) is 8.53. The Hall–Kier alpha value is -2.29. The van der Waals surface area contributed by atoms with Gasteiger partial charge in [0.2, 0.25) is 5.91 Å². The van der Waals surface area contributed by atoms with Crippen LogP contribution in [0.2, 0.25) is 0 Å². The second-order valence-electron chi connectivity index (χ2n) is 7.55. The quantitative estimate of drug-likeness (QED) is 0.694. The van der Waals surface area contributed by atoms with Crippen LogP contribution in [0, 0.1) is 5.92 Å². The maximum Gasteiger partial charge on any atom is 0.319 e. The Bertz CT molecular complexity index is 845. The van der Waals surface area contributed by atoms with Gasteiger partial charge >= 0.3 is 6.03 Å². The van der Waals surface area contributed by atoms with Crippen LogP contribution in [0.5, 0.6) is 0 Å². The van der Waals surface area contributed by atoms with Gasteiger partial charge in [-0.05, 0) is 57.3 Å². The highest BCUT2D eigenvalue weighted by Gasteiger charge is 2.30. The average Bonchev–Trinajstić information content (AvgIpc) is 3.21. The zero-order valence-electron chi connectivity index (χ0n) is 18.1. The molecule has 3 amide bonds. The van der Waals surface area contributed by atoms with Gasteiger partial charge in [-0.3, -0.25) is 9.20 Å². The fraction of sp³-hybridized carbons (Fsp3) is 0.619. The maximum atomic E-state index is 13.0. The van der Waals surface area contributed by atoms with Gasteiger partial charge in [0, 0.05) is 38.3 Å². The van der Waals surface area contributed by atoms with Crippen molar-refractivity contribution in [3.05, 3.63) is 30.2 Å². The topological polar surface area (TPSA) is 82.8 Å². The molecule has 3 heterocycles. The summed E-state index contributed by atoms with van der Waals surface area (Å²) in [5.74, 6) is 1.65. The molecule has 0 aliphatic carbocycles. The number of rotatable bonds is 8. The summed E-state index contributed by atoms with van der Waals surface area (Å²) >= 11 is 1.75. The van der Waals surface area contributed by atoms with E-state index >= 15 is 0 Å². The van der Waals surface area contributed by atoms with Crippen molar-refractivity contribution in [1.82, 2.24) is 29.7 Å². The molecular weight excluding hydrogens is 400 g/mol. The van der Waals surface area contributed by atoms with E-state index in [2.05, 4.69) is 21.8 Å². The minimum Gasteiger partial charge on any atom is -0.346 e. The minimum absolute atomic E-state index is 0.0451. The van der Waals surface area contributed by atoms with Crippen molar-refractivity contribution in [2.45, 2.75) is 39.2 Å². The van der Waals surface area contributed by atoms with Gasteiger partial charge in [-0.1, -0.05) is 6.07 Å². The molecule has 0 spiro atoms. The summed E-state index contributed by atoms with van der Waals surface area (Å²) in [4.78, 5) is 29.3. The van der Waals surface area contributed by atoms with Crippen molar-refractivity contribution in [2.24, 2.45) is 5.92 Å². The Morgan fingerprint density at radius 1 is 1.23 bits per heavy atom. The lowest BCUT2D eigenvalue weighted by atomic mass is 9.95. The zero-order chi connectivity index (χ0) is 21.5. The molecule has 1 aliphatic heterocycles. The van der Waals surface area contributed by atoms with Crippen molar-refractivity contribution >= 4 is 29.3 Å². The number of fused-ring (bicyclic) bond motifs is 1. The molecule has 8 nitrogen and oxygen atoms in total. The number of aromatic nitrogens is 3. The molecule has 164 valence electrons. The molecule has 0 saturated carbocycles. The summed E-state index contributed by atoms with van der Waals surface area (Å²) in [5.41, 5.74) is 0.777. The van der Waals surface area contributed by atoms with Gasteiger partial charge < -0.3 is 15.1 Å². The Labute approximate surface area is 182 Å². The monoisotopic (exact) mass is 432 g/mol.